The fraction of sp³-hybridized carbons (Fsp3) is 0.190. The molecule has 6 nitrogen and oxygen atoms in total. The van der Waals surface area contributed by atoms with Crippen LogP contribution in [-0.2, 0) is 12.7 Å². The normalized spacial score (nSPS) is 11.9. The third kappa shape index (κ3) is 3.22. The fourth-order valence-electron chi connectivity index (χ4n) is 3.35. The highest BCUT2D eigenvalue weighted by Gasteiger charge is 2.34. The van der Waals surface area contributed by atoms with Crippen LogP contribution in [0.25, 0.3) is 22.0 Å². The summed E-state index contributed by atoms with van der Waals surface area (Å²) < 4.78 is 45.8. The smallest absolute Gasteiger partial charge is 0.420 e. The Bertz CT molecular complexity index is 1300. The van der Waals surface area contributed by atoms with Gasteiger partial charge in [0, 0.05) is 23.9 Å². The minimum absolute atomic E-state index is 0.0616. The molecule has 0 spiro atoms. The lowest BCUT2D eigenvalue weighted by Crippen LogP contribution is -2.36. The standard InChI is InChI=1S/C21H16F3N3O3/c1-11-13-6-5-7-14(21(22,23)24)19(13)30-17(11)10-25-20(28)18-12(2)27(29)16-9-4-3-8-15(16)26-18/h3-9H,10H2,1-2H3,(H,25,28). The second-order valence-electron chi connectivity index (χ2n) is 6.84. The second-order valence-corrected chi connectivity index (χ2v) is 6.84. The molecule has 0 unspecified atom stereocenters. The first kappa shape index (κ1) is 19.7. The Balaban J connectivity index is 1.65. The number of nitrogens with one attached hydrogen (secondary N) is 1. The average Bonchev–Trinajstić information content (AvgIpc) is 3.04. The van der Waals surface area contributed by atoms with Crippen LogP contribution in [0.1, 0.15) is 33.1 Å². The number of furan rings is 1. The maximum absolute atomic E-state index is 13.2. The van der Waals surface area contributed by atoms with Gasteiger partial charge in [0.05, 0.1) is 12.1 Å². The molecule has 0 radical (unpaired) electrons. The van der Waals surface area contributed by atoms with Crippen molar-refractivity contribution in [3.63, 3.8) is 0 Å². The third-order valence-corrected chi connectivity index (χ3v) is 4.97. The van der Waals surface area contributed by atoms with Crippen molar-refractivity contribution < 1.29 is 27.1 Å². The van der Waals surface area contributed by atoms with Gasteiger partial charge in [-0.25, -0.2) is 4.98 Å². The molecular weight excluding hydrogens is 399 g/mol. The van der Waals surface area contributed by atoms with E-state index in [1.807, 2.05) is 0 Å². The zero-order valence-electron chi connectivity index (χ0n) is 16.0. The number of nitrogens with zero attached hydrogens (tertiary/aromatic N) is 2. The number of aryl methyl sites for hydroxylation is 1. The minimum atomic E-state index is -4.56. The molecule has 0 bridgehead atoms. The molecule has 4 rings (SSSR count). The predicted molar refractivity (Wildman–Crippen MR) is 103 cm³/mol. The van der Waals surface area contributed by atoms with Crippen molar-refractivity contribution in [1.29, 1.82) is 0 Å². The summed E-state index contributed by atoms with van der Waals surface area (Å²) >= 11 is 0. The van der Waals surface area contributed by atoms with E-state index < -0.39 is 17.6 Å². The van der Waals surface area contributed by atoms with Gasteiger partial charge in [-0.2, -0.15) is 17.9 Å². The number of halogens is 3. The number of aromatic nitrogens is 2. The fourth-order valence-corrected chi connectivity index (χ4v) is 3.35. The molecule has 9 heteroatoms. The van der Waals surface area contributed by atoms with Crippen LogP contribution in [0.15, 0.2) is 46.9 Å². The molecule has 2 heterocycles. The van der Waals surface area contributed by atoms with Gasteiger partial charge in [0.15, 0.2) is 5.69 Å². The number of para-hydroxylation sites is 3. The molecule has 30 heavy (non-hydrogen) atoms. The first-order valence-corrected chi connectivity index (χ1v) is 9.03. The topological polar surface area (TPSA) is 82.1 Å². The monoisotopic (exact) mass is 415 g/mol. The van der Waals surface area contributed by atoms with Crippen molar-refractivity contribution >= 4 is 27.9 Å². The van der Waals surface area contributed by atoms with Crippen LogP contribution >= 0.6 is 0 Å². The Morgan fingerprint density at radius 2 is 1.90 bits per heavy atom. The van der Waals surface area contributed by atoms with Gasteiger partial charge in [0.1, 0.15) is 16.9 Å². The lowest BCUT2D eigenvalue weighted by atomic mass is 10.1. The molecule has 0 fully saturated rings. The number of hydrogen-bond donors (Lipinski definition) is 1. The molecule has 1 amide bonds. The summed E-state index contributed by atoms with van der Waals surface area (Å²) in [5.41, 5.74) is 0.0976. The molecule has 0 aliphatic carbocycles. The molecule has 0 aliphatic rings. The van der Waals surface area contributed by atoms with Crippen molar-refractivity contribution in [2.45, 2.75) is 26.6 Å². The van der Waals surface area contributed by atoms with Gasteiger partial charge < -0.3 is 14.9 Å². The maximum Gasteiger partial charge on any atom is 0.420 e. The summed E-state index contributed by atoms with van der Waals surface area (Å²) in [5.74, 6) is -0.428. The van der Waals surface area contributed by atoms with E-state index in [1.54, 1.807) is 31.2 Å². The molecule has 1 N–H and O–H groups in total. The zero-order valence-corrected chi connectivity index (χ0v) is 16.0. The number of amides is 1. The molecule has 2 aromatic heterocycles. The minimum Gasteiger partial charge on any atom is -0.618 e. The van der Waals surface area contributed by atoms with E-state index in [-0.39, 0.29) is 29.3 Å². The molecule has 154 valence electrons. The van der Waals surface area contributed by atoms with Crippen LogP contribution in [0, 0.1) is 19.1 Å². The van der Waals surface area contributed by atoms with Gasteiger partial charge in [0.2, 0.25) is 11.2 Å². The first-order chi connectivity index (χ1) is 14.2. The quantitative estimate of drug-likeness (QED) is 0.402. The summed E-state index contributed by atoms with van der Waals surface area (Å²) in [6.45, 7) is 2.95. The van der Waals surface area contributed by atoms with Crippen LogP contribution in [0.2, 0.25) is 0 Å². The van der Waals surface area contributed by atoms with E-state index in [9.17, 15) is 23.2 Å². The van der Waals surface area contributed by atoms with Crippen molar-refractivity contribution in [1.82, 2.24) is 10.3 Å². The van der Waals surface area contributed by atoms with Crippen LogP contribution in [0.5, 0.6) is 0 Å². The number of benzene rings is 2. The van der Waals surface area contributed by atoms with Gasteiger partial charge >= 0.3 is 6.18 Å². The van der Waals surface area contributed by atoms with Gasteiger partial charge in [0.25, 0.3) is 5.91 Å². The number of rotatable bonds is 3. The van der Waals surface area contributed by atoms with E-state index in [4.69, 9.17) is 4.42 Å². The number of carbonyl (C=O) groups excluding carboxylic acids is 1. The predicted octanol–water partition coefficient (Wildman–Crippen LogP) is 4.18. The Hall–Kier alpha value is -3.62. The van der Waals surface area contributed by atoms with Gasteiger partial charge in [-0.1, -0.05) is 24.3 Å². The molecule has 0 aliphatic heterocycles. The molecular formula is C21H16F3N3O3. The lowest BCUT2D eigenvalue weighted by molar-refractivity contribution is -0.584. The van der Waals surface area contributed by atoms with E-state index >= 15 is 0 Å². The Labute approximate surface area is 168 Å². The number of carbonyl (C=O) groups is 1. The third-order valence-electron chi connectivity index (χ3n) is 4.97. The summed E-state index contributed by atoms with van der Waals surface area (Å²) in [6.07, 6.45) is -4.56. The van der Waals surface area contributed by atoms with Crippen molar-refractivity contribution in [2.24, 2.45) is 0 Å². The van der Waals surface area contributed by atoms with Gasteiger partial charge in [-0.3, -0.25) is 4.79 Å². The number of hydrogen-bond acceptors (Lipinski definition) is 4. The summed E-state index contributed by atoms with van der Waals surface area (Å²) in [7, 11) is 0. The maximum atomic E-state index is 13.2. The van der Waals surface area contributed by atoms with E-state index in [1.165, 1.54) is 19.1 Å². The van der Waals surface area contributed by atoms with E-state index in [0.29, 0.717) is 26.7 Å². The van der Waals surface area contributed by atoms with Crippen LogP contribution in [0.3, 0.4) is 0 Å². The molecule has 0 saturated carbocycles. The van der Waals surface area contributed by atoms with Crippen LogP contribution in [-0.4, -0.2) is 10.9 Å². The highest BCUT2D eigenvalue weighted by Crippen LogP contribution is 2.37. The summed E-state index contributed by atoms with van der Waals surface area (Å²) in [6, 6.07) is 10.4. The highest BCUT2D eigenvalue weighted by molar-refractivity contribution is 5.94. The van der Waals surface area contributed by atoms with Crippen LogP contribution in [0.4, 0.5) is 13.2 Å². The van der Waals surface area contributed by atoms with Crippen LogP contribution < -0.4 is 10.0 Å². The molecule has 2 aromatic carbocycles. The summed E-state index contributed by atoms with van der Waals surface area (Å²) in [5, 5.41) is 15.3. The highest BCUT2D eigenvalue weighted by atomic mass is 19.4. The van der Waals surface area contributed by atoms with Crippen molar-refractivity contribution in [3.05, 3.63) is 75.9 Å². The largest absolute Gasteiger partial charge is 0.618 e. The van der Waals surface area contributed by atoms with Crippen molar-refractivity contribution in [2.75, 3.05) is 0 Å². The average molecular weight is 415 g/mol. The Kier molecular flexibility index (Phi) is 4.60. The number of fused-ring (bicyclic) bond motifs is 2. The van der Waals surface area contributed by atoms with Gasteiger partial charge in [-0.05, 0) is 19.1 Å². The zero-order chi connectivity index (χ0) is 21.6. The summed E-state index contributed by atoms with van der Waals surface area (Å²) in [4.78, 5) is 16.9. The Morgan fingerprint density at radius 3 is 2.63 bits per heavy atom. The second kappa shape index (κ2) is 7.01. The lowest BCUT2D eigenvalue weighted by Gasteiger charge is -2.09. The van der Waals surface area contributed by atoms with Crippen molar-refractivity contribution in [3.8, 4) is 0 Å². The Morgan fingerprint density at radius 1 is 1.17 bits per heavy atom. The van der Waals surface area contributed by atoms with E-state index in [2.05, 4.69) is 10.3 Å². The molecule has 4 aromatic rings. The SMILES string of the molecule is Cc1c(CNC(=O)c2nc3ccccc3[n+]([O-])c2C)oc2c(C(F)(F)F)cccc12. The van der Waals surface area contributed by atoms with Gasteiger partial charge in [-0.15, -0.1) is 0 Å². The number of alkyl halides is 3. The molecule has 0 saturated heterocycles. The first-order valence-electron chi connectivity index (χ1n) is 9.03. The molecule has 0 atom stereocenters. The van der Waals surface area contributed by atoms with E-state index in [0.717, 1.165) is 6.07 Å².